The number of ether oxygens (including phenoxy) is 2. The van der Waals surface area contributed by atoms with E-state index in [2.05, 4.69) is 10.6 Å². The van der Waals surface area contributed by atoms with Gasteiger partial charge in [0.25, 0.3) is 5.91 Å². The van der Waals surface area contributed by atoms with E-state index in [1.165, 1.54) is 0 Å². The van der Waals surface area contributed by atoms with E-state index in [-0.39, 0.29) is 31.2 Å². The molecular weight excluding hydrogens is 338 g/mol. The highest BCUT2D eigenvalue weighted by Gasteiger charge is 2.49. The zero-order valence-corrected chi connectivity index (χ0v) is 15.3. The van der Waals surface area contributed by atoms with Crippen LogP contribution in [-0.2, 0) is 15.1 Å². The minimum atomic E-state index is -1.26. The number of rotatable bonds is 5. The number of carbonyl (C=O) groups is 3. The Bertz CT molecular complexity index is 763. The van der Waals surface area contributed by atoms with Gasteiger partial charge in [-0.1, -0.05) is 19.9 Å². The summed E-state index contributed by atoms with van der Waals surface area (Å²) in [4.78, 5) is 38.3. The van der Waals surface area contributed by atoms with Crippen molar-refractivity contribution in [3.05, 3.63) is 23.8 Å². The molecule has 8 nitrogen and oxygen atoms in total. The van der Waals surface area contributed by atoms with Gasteiger partial charge in [0.05, 0.1) is 0 Å². The number of carbonyl (C=O) groups excluding carboxylic acids is 3. The second kappa shape index (κ2) is 6.51. The highest BCUT2D eigenvalue weighted by Crippen LogP contribution is 2.37. The molecule has 1 aromatic carbocycles. The average Bonchev–Trinajstić information content (AvgIpc) is 3.13. The molecule has 2 heterocycles. The Morgan fingerprint density at radius 1 is 1.27 bits per heavy atom. The maximum absolute atomic E-state index is 12.9. The first-order valence-electron chi connectivity index (χ1n) is 8.56. The summed E-state index contributed by atoms with van der Waals surface area (Å²) in [6.07, 6.45) is 0. The lowest BCUT2D eigenvalue weighted by Gasteiger charge is -2.23. The van der Waals surface area contributed by atoms with Gasteiger partial charge in [-0.25, -0.2) is 4.79 Å². The van der Waals surface area contributed by atoms with E-state index >= 15 is 0 Å². The molecular formula is C18H23N3O5. The molecule has 1 fully saturated rings. The van der Waals surface area contributed by atoms with Crippen molar-refractivity contribution in [1.29, 1.82) is 0 Å². The zero-order chi connectivity index (χ0) is 19.1. The van der Waals surface area contributed by atoms with Crippen LogP contribution in [0, 0.1) is 5.92 Å². The standard InChI is InChI=1S/C18H23N3O5/c1-10(2)11(3)19-15(22)8-21-16(23)18(4,20-17(21)24)12-5-6-13-14(7-12)26-9-25-13/h5-7,10-11H,8-9H2,1-4H3,(H,19,22)(H,20,24)/t11-,18-/m1/s1. The molecule has 2 aliphatic rings. The van der Waals surface area contributed by atoms with Gasteiger partial charge in [-0.15, -0.1) is 0 Å². The van der Waals surface area contributed by atoms with Crippen LogP contribution in [0.5, 0.6) is 11.5 Å². The van der Waals surface area contributed by atoms with Gasteiger partial charge in [0.2, 0.25) is 12.7 Å². The van der Waals surface area contributed by atoms with Gasteiger partial charge < -0.3 is 20.1 Å². The molecule has 0 aliphatic carbocycles. The summed E-state index contributed by atoms with van der Waals surface area (Å²) in [5.74, 6) is 0.514. The molecule has 1 saturated heterocycles. The van der Waals surface area contributed by atoms with Crippen LogP contribution in [-0.4, -0.2) is 42.1 Å². The Balaban J connectivity index is 1.77. The smallest absolute Gasteiger partial charge is 0.325 e. The molecule has 2 aliphatic heterocycles. The quantitative estimate of drug-likeness (QED) is 0.772. The lowest BCUT2D eigenvalue weighted by Crippen LogP contribution is -2.46. The maximum Gasteiger partial charge on any atom is 0.325 e. The molecule has 0 saturated carbocycles. The molecule has 140 valence electrons. The molecule has 26 heavy (non-hydrogen) atoms. The number of hydrogen-bond acceptors (Lipinski definition) is 5. The van der Waals surface area contributed by atoms with Crippen LogP contribution in [0.25, 0.3) is 0 Å². The molecule has 1 aromatic rings. The topological polar surface area (TPSA) is 97.0 Å². The van der Waals surface area contributed by atoms with Crippen molar-refractivity contribution in [1.82, 2.24) is 15.5 Å². The van der Waals surface area contributed by atoms with Crippen molar-refractivity contribution in [3.63, 3.8) is 0 Å². The fourth-order valence-corrected chi connectivity index (χ4v) is 2.85. The lowest BCUT2D eigenvalue weighted by atomic mass is 9.91. The Kier molecular flexibility index (Phi) is 4.52. The fraction of sp³-hybridized carbons (Fsp3) is 0.500. The summed E-state index contributed by atoms with van der Waals surface area (Å²) in [6, 6.07) is 4.43. The molecule has 0 unspecified atom stereocenters. The van der Waals surface area contributed by atoms with Gasteiger partial charge in [-0.3, -0.25) is 14.5 Å². The second-order valence-corrected chi connectivity index (χ2v) is 7.11. The van der Waals surface area contributed by atoms with E-state index in [1.54, 1.807) is 25.1 Å². The first kappa shape index (κ1) is 18.0. The van der Waals surface area contributed by atoms with Crippen LogP contribution in [0.1, 0.15) is 33.3 Å². The molecule has 8 heteroatoms. The van der Waals surface area contributed by atoms with Crippen molar-refractivity contribution in [2.45, 2.75) is 39.3 Å². The van der Waals surface area contributed by atoms with Crippen LogP contribution in [0.3, 0.4) is 0 Å². The number of nitrogens with zero attached hydrogens (tertiary/aromatic N) is 1. The molecule has 0 radical (unpaired) electrons. The Morgan fingerprint density at radius 3 is 2.65 bits per heavy atom. The van der Waals surface area contributed by atoms with Crippen LogP contribution in [0.4, 0.5) is 4.79 Å². The zero-order valence-electron chi connectivity index (χ0n) is 15.3. The first-order valence-corrected chi connectivity index (χ1v) is 8.56. The van der Waals surface area contributed by atoms with E-state index in [4.69, 9.17) is 9.47 Å². The Morgan fingerprint density at radius 2 is 1.96 bits per heavy atom. The van der Waals surface area contributed by atoms with Crippen molar-refractivity contribution >= 4 is 17.8 Å². The number of urea groups is 1. The molecule has 0 bridgehead atoms. The third-order valence-corrected chi connectivity index (χ3v) is 4.92. The van der Waals surface area contributed by atoms with Gasteiger partial charge in [0.1, 0.15) is 12.1 Å². The molecule has 2 atom stereocenters. The predicted molar refractivity (Wildman–Crippen MR) is 92.6 cm³/mol. The molecule has 3 rings (SSSR count). The summed E-state index contributed by atoms with van der Waals surface area (Å²) in [6.45, 7) is 7.26. The first-order chi connectivity index (χ1) is 12.2. The molecule has 2 N–H and O–H groups in total. The third-order valence-electron chi connectivity index (χ3n) is 4.92. The van der Waals surface area contributed by atoms with Gasteiger partial charge in [-0.05, 0) is 37.5 Å². The summed E-state index contributed by atoms with van der Waals surface area (Å²) in [7, 11) is 0. The molecule has 4 amide bonds. The highest BCUT2D eigenvalue weighted by atomic mass is 16.7. The van der Waals surface area contributed by atoms with Crippen molar-refractivity contribution < 1.29 is 23.9 Å². The van der Waals surface area contributed by atoms with Gasteiger partial charge >= 0.3 is 6.03 Å². The summed E-state index contributed by atoms with van der Waals surface area (Å²) in [5, 5.41) is 5.48. The van der Waals surface area contributed by atoms with Gasteiger partial charge in [0, 0.05) is 6.04 Å². The largest absolute Gasteiger partial charge is 0.454 e. The van der Waals surface area contributed by atoms with Gasteiger partial charge in [-0.2, -0.15) is 0 Å². The van der Waals surface area contributed by atoms with E-state index in [1.807, 2.05) is 20.8 Å². The minimum Gasteiger partial charge on any atom is -0.454 e. The fourth-order valence-electron chi connectivity index (χ4n) is 2.85. The van der Waals surface area contributed by atoms with E-state index in [9.17, 15) is 14.4 Å². The van der Waals surface area contributed by atoms with Crippen molar-refractivity contribution in [3.8, 4) is 11.5 Å². The summed E-state index contributed by atoms with van der Waals surface area (Å²) >= 11 is 0. The number of amides is 4. The van der Waals surface area contributed by atoms with E-state index in [0.29, 0.717) is 17.1 Å². The molecule has 0 aromatic heterocycles. The number of nitrogens with one attached hydrogen (secondary N) is 2. The maximum atomic E-state index is 12.9. The average molecular weight is 361 g/mol. The van der Waals surface area contributed by atoms with E-state index in [0.717, 1.165) is 4.90 Å². The van der Waals surface area contributed by atoms with Crippen molar-refractivity contribution in [2.24, 2.45) is 5.92 Å². The van der Waals surface area contributed by atoms with Crippen LogP contribution in [0.2, 0.25) is 0 Å². The Hall–Kier alpha value is -2.77. The summed E-state index contributed by atoms with van der Waals surface area (Å²) in [5.41, 5.74) is -0.694. The minimum absolute atomic E-state index is 0.0523. The van der Waals surface area contributed by atoms with Crippen LogP contribution in [0.15, 0.2) is 18.2 Å². The number of imide groups is 1. The van der Waals surface area contributed by atoms with Crippen molar-refractivity contribution in [2.75, 3.05) is 13.3 Å². The Labute approximate surface area is 151 Å². The molecule has 0 spiro atoms. The summed E-state index contributed by atoms with van der Waals surface area (Å²) < 4.78 is 10.6. The van der Waals surface area contributed by atoms with Crippen LogP contribution < -0.4 is 20.1 Å². The second-order valence-electron chi connectivity index (χ2n) is 7.11. The number of fused-ring (bicyclic) bond motifs is 1. The predicted octanol–water partition coefficient (Wildman–Crippen LogP) is 1.34. The lowest BCUT2D eigenvalue weighted by molar-refractivity contribution is -0.135. The highest BCUT2D eigenvalue weighted by molar-refractivity contribution is 6.09. The number of hydrogen-bond donors (Lipinski definition) is 2. The monoisotopic (exact) mass is 361 g/mol. The third kappa shape index (κ3) is 3.07. The normalized spacial score (nSPS) is 22.6. The van der Waals surface area contributed by atoms with Gasteiger partial charge in [0.15, 0.2) is 11.5 Å². The number of benzene rings is 1. The van der Waals surface area contributed by atoms with E-state index < -0.39 is 17.5 Å². The van der Waals surface area contributed by atoms with Crippen LogP contribution >= 0.6 is 0 Å². The SMILES string of the molecule is CC(C)[C@@H](C)NC(=O)CN1C(=O)N[C@](C)(c2ccc3c(c2)OCO3)C1=O.